The lowest BCUT2D eigenvalue weighted by Crippen LogP contribution is -2.41. The first-order valence-electron chi connectivity index (χ1n) is 11.0. The van der Waals surface area contributed by atoms with Crippen molar-refractivity contribution in [3.63, 3.8) is 0 Å². The Morgan fingerprint density at radius 1 is 1.00 bits per heavy atom. The predicted octanol–water partition coefficient (Wildman–Crippen LogP) is 4.16. The van der Waals surface area contributed by atoms with Gasteiger partial charge in [0.15, 0.2) is 11.7 Å². The van der Waals surface area contributed by atoms with Gasteiger partial charge in [0.1, 0.15) is 5.82 Å². The van der Waals surface area contributed by atoms with E-state index in [1.54, 1.807) is 18.5 Å². The third-order valence-electron chi connectivity index (χ3n) is 5.82. The average Bonchev–Trinajstić information content (AvgIpc) is 3.28. The van der Waals surface area contributed by atoms with E-state index in [2.05, 4.69) is 15.3 Å². The predicted molar refractivity (Wildman–Crippen MR) is 122 cm³/mol. The zero-order valence-electron chi connectivity index (χ0n) is 18.5. The summed E-state index contributed by atoms with van der Waals surface area (Å²) in [4.78, 5) is 35.5. The number of carbonyl (C=O) groups is 2. The molecule has 1 aliphatic rings. The van der Waals surface area contributed by atoms with Gasteiger partial charge in [0, 0.05) is 43.6 Å². The van der Waals surface area contributed by atoms with Crippen LogP contribution in [0.15, 0.2) is 53.2 Å². The van der Waals surface area contributed by atoms with Crippen molar-refractivity contribution in [3.8, 4) is 11.3 Å². The highest BCUT2D eigenvalue weighted by Gasteiger charge is 2.27. The van der Waals surface area contributed by atoms with Gasteiger partial charge in [-0.05, 0) is 38.3 Å². The summed E-state index contributed by atoms with van der Waals surface area (Å²) < 4.78 is 5.82. The molecular weight excluding hydrogens is 404 g/mol. The molecule has 166 valence electrons. The van der Waals surface area contributed by atoms with Gasteiger partial charge in [-0.1, -0.05) is 35.9 Å². The minimum Gasteiger partial charge on any atom is -0.441 e. The number of hydrogen-bond donors (Lipinski definition) is 1. The van der Waals surface area contributed by atoms with Gasteiger partial charge < -0.3 is 14.6 Å². The summed E-state index contributed by atoms with van der Waals surface area (Å²) in [6.07, 6.45) is 5.55. The summed E-state index contributed by atoms with van der Waals surface area (Å²) in [6.45, 7) is 5.16. The van der Waals surface area contributed by atoms with Gasteiger partial charge in [0.05, 0.1) is 6.20 Å². The van der Waals surface area contributed by atoms with Gasteiger partial charge in [0.2, 0.25) is 11.8 Å². The molecule has 1 fully saturated rings. The molecule has 4 rings (SSSR count). The van der Waals surface area contributed by atoms with Gasteiger partial charge in [-0.25, -0.2) is 9.97 Å². The van der Waals surface area contributed by atoms with Gasteiger partial charge in [-0.3, -0.25) is 9.59 Å². The Hall–Kier alpha value is -3.48. The van der Waals surface area contributed by atoms with Crippen LogP contribution in [0.4, 0.5) is 5.82 Å². The van der Waals surface area contributed by atoms with Crippen LogP contribution in [0.3, 0.4) is 0 Å². The maximum atomic E-state index is 12.6. The maximum absolute atomic E-state index is 12.6. The lowest BCUT2D eigenvalue weighted by molar-refractivity contribution is -0.134. The van der Waals surface area contributed by atoms with Gasteiger partial charge >= 0.3 is 0 Å². The number of rotatable bonds is 6. The first-order chi connectivity index (χ1) is 15.5. The standard InChI is InChI=1S/C25H28N4O3/c1-17-3-6-19(7-4-17)21-16-27-23(32-21)9-10-24(30)29-13-11-20(12-14-29)25(31)28-22-8-5-18(2)15-26-22/h3-8,15-16,20H,9-14H2,1-2H3,(H,26,28,31). The molecule has 0 spiro atoms. The van der Waals surface area contributed by atoms with E-state index in [9.17, 15) is 9.59 Å². The molecule has 0 atom stereocenters. The number of piperidine rings is 1. The lowest BCUT2D eigenvalue weighted by atomic mass is 9.95. The zero-order valence-corrected chi connectivity index (χ0v) is 18.5. The van der Waals surface area contributed by atoms with Crippen LogP contribution < -0.4 is 5.32 Å². The van der Waals surface area contributed by atoms with Crippen molar-refractivity contribution < 1.29 is 14.0 Å². The normalized spacial score (nSPS) is 14.4. The number of likely N-dealkylation sites (tertiary alicyclic amines) is 1. The molecule has 1 aliphatic heterocycles. The molecule has 1 N–H and O–H groups in total. The van der Waals surface area contributed by atoms with E-state index in [4.69, 9.17) is 4.42 Å². The number of nitrogens with zero attached hydrogens (tertiary/aromatic N) is 3. The first-order valence-corrected chi connectivity index (χ1v) is 11.0. The third-order valence-corrected chi connectivity index (χ3v) is 5.82. The molecule has 7 heteroatoms. The molecule has 0 radical (unpaired) electrons. The molecule has 1 aromatic carbocycles. The van der Waals surface area contributed by atoms with Gasteiger partial charge in [0.25, 0.3) is 0 Å². The van der Waals surface area contributed by atoms with Crippen LogP contribution in [-0.2, 0) is 16.0 Å². The fourth-order valence-corrected chi connectivity index (χ4v) is 3.81. The number of nitrogens with one attached hydrogen (secondary N) is 1. The molecule has 0 aliphatic carbocycles. The number of oxazole rings is 1. The molecule has 2 aromatic heterocycles. The third kappa shape index (κ3) is 5.41. The summed E-state index contributed by atoms with van der Waals surface area (Å²) in [7, 11) is 0. The number of anilines is 1. The van der Waals surface area contributed by atoms with Crippen molar-refractivity contribution in [2.24, 2.45) is 5.92 Å². The summed E-state index contributed by atoms with van der Waals surface area (Å²) in [5.74, 6) is 1.77. The Labute approximate surface area is 187 Å². The monoisotopic (exact) mass is 432 g/mol. The van der Waals surface area contributed by atoms with Crippen LogP contribution in [0.1, 0.15) is 36.3 Å². The van der Waals surface area contributed by atoms with Crippen molar-refractivity contribution in [1.82, 2.24) is 14.9 Å². The molecule has 2 amide bonds. The van der Waals surface area contributed by atoms with Crippen LogP contribution in [0.25, 0.3) is 11.3 Å². The highest BCUT2D eigenvalue weighted by Crippen LogP contribution is 2.23. The highest BCUT2D eigenvalue weighted by atomic mass is 16.4. The van der Waals surface area contributed by atoms with Gasteiger partial charge in [-0.2, -0.15) is 0 Å². The van der Waals surface area contributed by atoms with Crippen LogP contribution in [-0.4, -0.2) is 39.8 Å². The van der Waals surface area contributed by atoms with E-state index in [0.717, 1.165) is 11.1 Å². The fourth-order valence-electron chi connectivity index (χ4n) is 3.81. The number of amides is 2. The number of benzene rings is 1. The Bertz CT molecular complexity index is 1070. The number of aryl methyl sites for hydroxylation is 3. The van der Waals surface area contributed by atoms with Crippen molar-refractivity contribution in [2.75, 3.05) is 18.4 Å². The minimum absolute atomic E-state index is 0.0307. The number of aromatic nitrogens is 2. The second-order valence-electron chi connectivity index (χ2n) is 8.35. The van der Waals surface area contributed by atoms with Gasteiger partial charge in [-0.15, -0.1) is 0 Å². The van der Waals surface area contributed by atoms with E-state index < -0.39 is 0 Å². The number of hydrogen-bond acceptors (Lipinski definition) is 5. The zero-order chi connectivity index (χ0) is 22.5. The second-order valence-corrected chi connectivity index (χ2v) is 8.35. The van der Waals surface area contributed by atoms with Crippen molar-refractivity contribution >= 4 is 17.6 Å². The molecule has 3 heterocycles. The molecular formula is C25H28N4O3. The van der Waals surface area contributed by atoms with Crippen molar-refractivity contribution in [1.29, 1.82) is 0 Å². The molecule has 1 saturated heterocycles. The SMILES string of the molecule is Cc1ccc(-c2cnc(CCC(=O)N3CCC(C(=O)Nc4ccc(C)cn4)CC3)o2)cc1. The Morgan fingerprint density at radius 2 is 1.72 bits per heavy atom. The van der Waals surface area contributed by atoms with Crippen LogP contribution in [0.5, 0.6) is 0 Å². The molecule has 7 nitrogen and oxygen atoms in total. The fraction of sp³-hybridized carbons (Fsp3) is 0.360. The molecule has 3 aromatic rings. The smallest absolute Gasteiger partial charge is 0.228 e. The number of pyridine rings is 1. The average molecular weight is 433 g/mol. The lowest BCUT2D eigenvalue weighted by Gasteiger charge is -2.31. The Morgan fingerprint density at radius 3 is 2.41 bits per heavy atom. The van der Waals surface area contributed by atoms with Crippen LogP contribution in [0.2, 0.25) is 0 Å². The summed E-state index contributed by atoms with van der Waals surface area (Å²) >= 11 is 0. The van der Waals surface area contributed by atoms with E-state index in [1.165, 1.54) is 5.56 Å². The Kier molecular flexibility index (Phi) is 6.63. The summed E-state index contributed by atoms with van der Waals surface area (Å²) in [6, 6.07) is 11.8. The highest BCUT2D eigenvalue weighted by molar-refractivity contribution is 5.91. The van der Waals surface area contributed by atoms with E-state index >= 15 is 0 Å². The molecule has 0 bridgehead atoms. The molecule has 32 heavy (non-hydrogen) atoms. The van der Waals surface area contributed by atoms with Crippen molar-refractivity contribution in [2.45, 2.75) is 39.5 Å². The number of carbonyl (C=O) groups excluding carboxylic acids is 2. The van der Waals surface area contributed by atoms with Crippen LogP contribution in [0, 0.1) is 19.8 Å². The van der Waals surface area contributed by atoms with E-state index in [-0.39, 0.29) is 17.7 Å². The topological polar surface area (TPSA) is 88.3 Å². The Balaban J connectivity index is 1.23. The van der Waals surface area contributed by atoms with Crippen LogP contribution >= 0.6 is 0 Å². The largest absolute Gasteiger partial charge is 0.441 e. The maximum Gasteiger partial charge on any atom is 0.228 e. The summed E-state index contributed by atoms with van der Waals surface area (Å²) in [5, 5.41) is 2.87. The van der Waals surface area contributed by atoms with Crippen molar-refractivity contribution in [3.05, 3.63) is 65.8 Å². The minimum atomic E-state index is -0.106. The summed E-state index contributed by atoms with van der Waals surface area (Å²) in [5.41, 5.74) is 3.21. The quantitative estimate of drug-likeness (QED) is 0.632. The van der Waals surface area contributed by atoms with E-state index in [0.29, 0.717) is 56.2 Å². The molecule has 0 saturated carbocycles. The second kappa shape index (κ2) is 9.77. The van der Waals surface area contributed by atoms with E-state index in [1.807, 2.05) is 49.1 Å². The first kappa shape index (κ1) is 21.7. The molecule has 0 unspecified atom stereocenters.